The van der Waals surface area contributed by atoms with Crippen LogP contribution in [0.2, 0.25) is 0 Å². The summed E-state index contributed by atoms with van der Waals surface area (Å²) in [6.07, 6.45) is 9.52. The third-order valence-electron chi connectivity index (χ3n) is 5.09. The van der Waals surface area contributed by atoms with Crippen molar-refractivity contribution in [2.45, 2.75) is 52.0 Å². The van der Waals surface area contributed by atoms with Crippen LogP contribution in [0.4, 0.5) is 5.82 Å². The maximum Gasteiger partial charge on any atom is 0.234 e. The Morgan fingerprint density at radius 1 is 1.21 bits per heavy atom. The van der Waals surface area contributed by atoms with E-state index >= 15 is 0 Å². The molecule has 1 fully saturated rings. The highest BCUT2D eigenvalue weighted by Crippen LogP contribution is 2.32. The normalized spacial score (nSPS) is 20.2. The zero-order valence-electron chi connectivity index (χ0n) is 14.5. The monoisotopic (exact) mass is 327 g/mol. The van der Waals surface area contributed by atoms with Gasteiger partial charge >= 0.3 is 0 Å². The predicted molar refractivity (Wildman–Crippen MR) is 92.7 cm³/mol. The van der Waals surface area contributed by atoms with Crippen molar-refractivity contribution in [3.8, 4) is 5.88 Å². The quantitative estimate of drug-likeness (QED) is 0.864. The van der Waals surface area contributed by atoms with E-state index in [1.165, 1.54) is 36.5 Å². The summed E-state index contributed by atoms with van der Waals surface area (Å²) < 4.78 is 7.98. The van der Waals surface area contributed by atoms with Crippen LogP contribution in [0.3, 0.4) is 0 Å². The molecule has 2 aromatic heterocycles. The lowest BCUT2D eigenvalue weighted by Crippen LogP contribution is -2.23. The molecule has 0 amide bonds. The molecule has 24 heavy (non-hydrogen) atoms. The zero-order chi connectivity index (χ0) is 16.5. The molecule has 0 N–H and O–H groups in total. The summed E-state index contributed by atoms with van der Waals surface area (Å²) in [5, 5.41) is 0. The summed E-state index contributed by atoms with van der Waals surface area (Å²) >= 11 is 0. The van der Waals surface area contributed by atoms with Gasteiger partial charge in [-0.2, -0.15) is 4.98 Å². The van der Waals surface area contributed by atoms with Gasteiger partial charge in [-0.3, -0.25) is 4.98 Å². The van der Waals surface area contributed by atoms with Gasteiger partial charge in [0, 0.05) is 18.8 Å². The number of ether oxygens (including phenoxy) is 1. The van der Waals surface area contributed by atoms with Crippen molar-refractivity contribution >= 4 is 5.82 Å². The number of imidazole rings is 1. The van der Waals surface area contributed by atoms with Crippen molar-refractivity contribution in [2.24, 2.45) is 0 Å². The van der Waals surface area contributed by atoms with E-state index in [2.05, 4.69) is 26.4 Å². The molecule has 2 aromatic rings. The van der Waals surface area contributed by atoms with Crippen molar-refractivity contribution in [1.29, 1.82) is 0 Å². The maximum absolute atomic E-state index is 5.48. The molecule has 1 aliphatic carbocycles. The topological polar surface area (TPSA) is 56.1 Å². The molecule has 0 unspecified atom stereocenters. The molecule has 2 aliphatic rings. The first-order valence-electron chi connectivity index (χ1n) is 9.02. The van der Waals surface area contributed by atoms with Gasteiger partial charge in [-0.25, -0.2) is 4.98 Å². The van der Waals surface area contributed by atoms with Gasteiger partial charge in [-0.15, -0.1) is 0 Å². The van der Waals surface area contributed by atoms with Gasteiger partial charge < -0.3 is 14.2 Å². The summed E-state index contributed by atoms with van der Waals surface area (Å²) in [4.78, 5) is 16.0. The second-order valence-electron chi connectivity index (χ2n) is 6.67. The van der Waals surface area contributed by atoms with E-state index in [-0.39, 0.29) is 0 Å². The van der Waals surface area contributed by atoms with Crippen LogP contribution in [0.1, 0.15) is 49.4 Å². The molecular weight excluding hydrogens is 302 g/mol. The molecule has 0 spiro atoms. The number of fused-ring (bicyclic) bond motifs is 1. The molecule has 128 valence electrons. The van der Waals surface area contributed by atoms with Crippen molar-refractivity contribution in [2.75, 3.05) is 24.6 Å². The molecule has 3 heterocycles. The second kappa shape index (κ2) is 6.42. The van der Waals surface area contributed by atoms with E-state index in [1.807, 2.05) is 13.1 Å². The molecule has 1 saturated heterocycles. The minimum atomic E-state index is 0.483. The number of hydrogen-bond acceptors (Lipinski definition) is 5. The van der Waals surface area contributed by atoms with E-state index in [0.717, 1.165) is 31.7 Å². The van der Waals surface area contributed by atoms with Gasteiger partial charge in [0.25, 0.3) is 0 Å². The Bertz CT molecular complexity index is 726. The van der Waals surface area contributed by atoms with Crippen LogP contribution in [0, 0.1) is 6.92 Å². The molecule has 4 rings (SSSR count). The van der Waals surface area contributed by atoms with Gasteiger partial charge in [0.15, 0.2) is 5.82 Å². The zero-order valence-corrected chi connectivity index (χ0v) is 14.5. The molecule has 0 saturated carbocycles. The SMILES string of the molecule is CCOc1cncc(N2CC[C@H](n3c(C)nc4c3CCCC4)C2)n1. The molecule has 6 heteroatoms. The molecule has 0 aromatic carbocycles. The van der Waals surface area contributed by atoms with Gasteiger partial charge in [-0.1, -0.05) is 0 Å². The van der Waals surface area contributed by atoms with E-state index in [9.17, 15) is 0 Å². The van der Waals surface area contributed by atoms with Crippen molar-refractivity contribution in [3.05, 3.63) is 29.6 Å². The number of aromatic nitrogens is 4. The number of aryl methyl sites for hydroxylation is 2. The summed E-state index contributed by atoms with van der Waals surface area (Å²) in [6, 6.07) is 0.483. The third-order valence-corrected chi connectivity index (χ3v) is 5.09. The molecule has 0 bridgehead atoms. The lowest BCUT2D eigenvalue weighted by atomic mass is 10.0. The second-order valence-corrected chi connectivity index (χ2v) is 6.67. The van der Waals surface area contributed by atoms with Crippen molar-refractivity contribution in [1.82, 2.24) is 19.5 Å². The van der Waals surface area contributed by atoms with Gasteiger partial charge in [0.2, 0.25) is 5.88 Å². The Morgan fingerprint density at radius 2 is 2.08 bits per heavy atom. The average Bonchev–Trinajstić information content (AvgIpc) is 3.18. The Kier molecular flexibility index (Phi) is 4.12. The Hall–Kier alpha value is -2.11. The predicted octanol–water partition coefficient (Wildman–Crippen LogP) is 2.71. The third kappa shape index (κ3) is 2.74. The first kappa shape index (κ1) is 15.4. The highest BCUT2D eigenvalue weighted by atomic mass is 16.5. The van der Waals surface area contributed by atoms with Crippen LogP contribution in [-0.4, -0.2) is 39.2 Å². The van der Waals surface area contributed by atoms with E-state index < -0.39 is 0 Å². The molecule has 1 atom stereocenters. The fourth-order valence-electron chi connectivity index (χ4n) is 4.05. The van der Waals surface area contributed by atoms with E-state index in [4.69, 9.17) is 9.72 Å². The fraction of sp³-hybridized carbons (Fsp3) is 0.611. The van der Waals surface area contributed by atoms with E-state index in [1.54, 1.807) is 6.20 Å². The summed E-state index contributed by atoms with van der Waals surface area (Å²) in [5.74, 6) is 2.69. The summed E-state index contributed by atoms with van der Waals surface area (Å²) in [6.45, 7) is 6.69. The van der Waals surface area contributed by atoms with Crippen molar-refractivity contribution in [3.63, 3.8) is 0 Å². The summed E-state index contributed by atoms with van der Waals surface area (Å²) in [5.41, 5.74) is 2.80. The Labute approximate surface area is 142 Å². The minimum Gasteiger partial charge on any atom is -0.477 e. The average molecular weight is 327 g/mol. The van der Waals surface area contributed by atoms with Crippen LogP contribution in [0.25, 0.3) is 0 Å². The van der Waals surface area contributed by atoms with Crippen LogP contribution < -0.4 is 9.64 Å². The number of nitrogens with zero attached hydrogens (tertiary/aromatic N) is 5. The number of anilines is 1. The van der Waals surface area contributed by atoms with Gasteiger partial charge in [0.1, 0.15) is 5.82 Å². The number of rotatable bonds is 4. The molecule has 0 radical (unpaired) electrons. The van der Waals surface area contributed by atoms with Crippen LogP contribution in [-0.2, 0) is 12.8 Å². The minimum absolute atomic E-state index is 0.483. The standard InChI is InChI=1S/C18H25N5O/c1-3-24-18-11-19-10-17(21-18)22-9-8-14(12-22)23-13(2)20-15-6-4-5-7-16(15)23/h10-11,14H,3-9,12H2,1-2H3/t14-/m0/s1. The van der Waals surface area contributed by atoms with Crippen LogP contribution in [0.5, 0.6) is 5.88 Å². The van der Waals surface area contributed by atoms with Crippen LogP contribution in [0.15, 0.2) is 12.4 Å². The Balaban J connectivity index is 1.55. The highest BCUT2D eigenvalue weighted by Gasteiger charge is 2.29. The van der Waals surface area contributed by atoms with Crippen LogP contribution >= 0.6 is 0 Å². The highest BCUT2D eigenvalue weighted by molar-refractivity contribution is 5.39. The first-order chi connectivity index (χ1) is 11.8. The summed E-state index contributed by atoms with van der Waals surface area (Å²) in [7, 11) is 0. The fourth-order valence-corrected chi connectivity index (χ4v) is 4.05. The maximum atomic E-state index is 5.48. The van der Waals surface area contributed by atoms with E-state index in [0.29, 0.717) is 18.5 Å². The molecule has 6 nitrogen and oxygen atoms in total. The lowest BCUT2D eigenvalue weighted by molar-refractivity contribution is 0.325. The largest absolute Gasteiger partial charge is 0.477 e. The lowest BCUT2D eigenvalue weighted by Gasteiger charge is -2.21. The van der Waals surface area contributed by atoms with Gasteiger partial charge in [-0.05, 0) is 46.0 Å². The Morgan fingerprint density at radius 3 is 2.96 bits per heavy atom. The first-order valence-corrected chi connectivity index (χ1v) is 9.02. The smallest absolute Gasteiger partial charge is 0.234 e. The number of hydrogen-bond donors (Lipinski definition) is 0. The molecule has 1 aliphatic heterocycles. The van der Waals surface area contributed by atoms with Gasteiger partial charge in [0.05, 0.1) is 30.7 Å². The van der Waals surface area contributed by atoms with Crippen molar-refractivity contribution < 1.29 is 4.74 Å². The molecular formula is C18H25N5O.